The number of carbonyl (C=O) groups excluding carboxylic acids is 2. The number of nitrogens with zero attached hydrogens (tertiary/aromatic N) is 2. The minimum absolute atomic E-state index is 0.0465. The van der Waals surface area contributed by atoms with E-state index in [1.54, 1.807) is 0 Å². The molecule has 1 aliphatic rings. The fourth-order valence-corrected chi connectivity index (χ4v) is 1.84. The van der Waals surface area contributed by atoms with Crippen molar-refractivity contribution in [3.63, 3.8) is 0 Å². The Hall–Kier alpha value is -1.96. The van der Waals surface area contributed by atoms with Crippen LogP contribution in [0, 0.1) is 0 Å². The summed E-state index contributed by atoms with van der Waals surface area (Å²) < 4.78 is 5.42. The van der Waals surface area contributed by atoms with Gasteiger partial charge in [-0.15, -0.1) is 5.10 Å². The molecule has 2 unspecified atom stereocenters. The van der Waals surface area contributed by atoms with Crippen LogP contribution in [-0.2, 0) is 9.59 Å². The Kier molecular flexibility index (Phi) is 4.10. The Balaban J connectivity index is 1.96. The third-order valence-corrected chi connectivity index (χ3v) is 2.86. The fraction of sp³-hybridized carbons (Fsp3) is 0.636. The van der Waals surface area contributed by atoms with Crippen molar-refractivity contribution in [1.29, 1.82) is 0 Å². The Bertz CT molecular complexity index is 473. The first-order valence-corrected chi connectivity index (χ1v) is 6.27. The fourth-order valence-electron chi connectivity index (χ4n) is 1.84. The molecular weight excluding hydrogens is 250 g/mol. The predicted octanol–water partition coefficient (Wildman–Crippen LogP) is -0.0428. The standard InChI is InChI=1S/C11H17N5O3/c1-3-12-6(2)10-15-16-11(19-10)13-7-4-5-8(17)14-9(7)18/h6-7,12H,3-5H2,1-2H3,(H,13,16)(H,14,17,18). The van der Waals surface area contributed by atoms with E-state index in [0.717, 1.165) is 6.54 Å². The maximum atomic E-state index is 11.6. The molecule has 2 amide bonds. The summed E-state index contributed by atoms with van der Waals surface area (Å²) in [5, 5.41) is 16.0. The number of piperidine rings is 1. The van der Waals surface area contributed by atoms with Gasteiger partial charge in [0.2, 0.25) is 17.7 Å². The zero-order valence-corrected chi connectivity index (χ0v) is 10.9. The summed E-state index contributed by atoms with van der Waals surface area (Å²) in [6.45, 7) is 4.68. The molecule has 2 heterocycles. The largest absolute Gasteiger partial charge is 0.406 e. The van der Waals surface area contributed by atoms with Gasteiger partial charge in [0.05, 0.1) is 6.04 Å². The first-order valence-electron chi connectivity index (χ1n) is 6.27. The lowest BCUT2D eigenvalue weighted by Gasteiger charge is -2.20. The van der Waals surface area contributed by atoms with Gasteiger partial charge in [0.1, 0.15) is 6.04 Å². The van der Waals surface area contributed by atoms with Crippen molar-refractivity contribution < 1.29 is 14.0 Å². The first-order chi connectivity index (χ1) is 9.10. The maximum absolute atomic E-state index is 11.6. The molecule has 0 saturated carbocycles. The molecule has 0 radical (unpaired) electrons. The number of anilines is 1. The molecular formula is C11H17N5O3. The van der Waals surface area contributed by atoms with Gasteiger partial charge in [-0.2, -0.15) is 0 Å². The molecule has 3 N–H and O–H groups in total. The van der Waals surface area contributed by atoms with E-state index in [0.29, 0.717) is 18.7 Å². The smallest absolute Gasteiger partial charge is 0.316 e. The van der Waals surface area contributed by atoms with Gasteiger partial charge in [-0.05, 0) is 19.9 Å². The SMILES string of the molecule is CCNC(C)c1nnc(NC2CCC(=O)NC2=O)o1. The number of carbonyl (C=O) groups is 2. The normalized spacial score (nSPS) is 21.1. The van der Waals surface area contributed by atoms with Crippen LogP contribution in [0.3, 0.4) is 0 Å². The number of hydrogen-bond acceptors (Lipinski definition) is 7. The molecule has 0 aromatic carbocycles. The molecule has 1 saturated heterocycles. The van der Waals surface area contributed by atoms with Gasteiger partial charge in [0, 0.05) is 6.42 Å². The molecule has 104 valence electrons. The topological polar surface area (TPSA) is 109 Å². The minimum atomic E-state index is -0.513. The Labute approximate surface area is 110 Å². The highest BCUT2D eigenvalue weighted by atomic mass is 16.4. The molecule has 19 heavy (non-hydrogen) atoms. The van der Waals surface area contributed by atoms with Crippen molar-refractivity contribution in [2.75, 3.05) is 11.9 Å². The van der Waals surface area contributed by atoms with Gasteiger partial charge in [-0.3, -0.25) is 14.9 Å². The van der Waals surface area contributed by atoms with Gasteiger partial charge in [-0.1, -0.05) is 12.0 Å². The summed E-state index contributed by atoms with van der Waals surface area (Å²) in [4.78, 5) is 22.6. The van der Waals surface area contributed by atoms with Crippen LogP contribution in [0.4, 0.5) is 6.01 Å². The minimum Gasteiger partial charge on any atom is -0.406 e. The van der Waals surface area contributed by atoms with Crippen LogP contribution >= 0.6 is 0 Å². The van der Waals surface area contributed by atoms with Gasteiger partial charge >= 0.3 is 6.01 Å². The van der Waals surface area contributed by atoms with E-state index in [2.05, 4.69) is 26.1 Å². The van der Waals surface area contributed by atoms with Crippen molar-refractivity contribution in [2.45, 2.75) is 38.8 Å². The highest BCUT2D eigenvalue weighted by Gasteiger charge is 2.28. The van der Waals surface area contributed by atoms with Gasteiger partial charge in [0.15, 0.2) is 0 Å². The van der Waals surface area contributed by atoms with E-state index in [4.69, 9.17) is 4.42 Å². The number of imide groups is 1. The molecule has 1 aromatic heterocycles. The van der Waals surface area contributed by atoms with Crippen LogP contribution in [-0.4, -0.2) is 34.6 Å². The average molecular weight is 267 g/mol. The quantitative estimate of drug-likeness (QED) is 0.642. The summed E-state index contributed by atoms with van der Waals surface area (Å²) in [5.74, 6) is -0.164. The first kappa shape index (κ1) is 13.5. The zero-order valence-electron chi connectivity index (χ0n) is 10.9. The van der Waals surface area contributed by atoms with E-state index in [9.17, 15) is 9.59 Å². The van der Waals surface area contributed by atoms with E-state index < -0.39 is 6.04 Å². The van der Waals surface area contributed by atoms with E-state index in [-0.39, 0.29) is 23.9 Å². The zero-order chi connectivity index (χ0) is 13.8. The third-order valence-electron chi connectivity index (χ3n) is 2.86. The van der Waals surface area contributed by atoms with E-state index in [1.807, 2.05) is 13.8 Å². The van der Waals surface area contributed by atoms with Crippen LogP contribution in [0.2, 0.25) is 0 Å². The number of rotatable bonds is 5. The van der Waals surface area contributed by atoms with E-state index >= 15 is 0 Å². The lowest BCUT2D eigenvalue weighted by molar-refractivity contribution is -0.133. The summed E-state index contributed by atoms with van der Waals surface area (Å²) in [6.07, 6.45) is 0.726. The van der Waals surface area contributed by atoms with Crippen molar-refractivity contribution >= 4 is 17.8 Å². The maximum Gasteiger partial charge on any atom is 0.316 e. The highest BCUT2D eigenvalue weighted by molar-refractivity contribution is 6.01. The Morgan fingerprint density at radius 2 is 2.26 bits per heavy atom. The summed E-state index contributed by atoms with van der Waals surface area (Å²) in [6, 6.07) is -0.371. The number of amides is 2. The molecule has 2 atom stereocenters. The Morgan fingerprint density at radius 1 is 1.47 bits per heavy atom. The molecule has 0 spiro atoms. The van der Waals surface area contributed by atoms with Crippen molar-refractivity contribution in [3.05, 3.63) is 5.89 Å². The number of aromatic nitrogens is 2. The summed E-state index contributed by atoms with van der Waals surface area (Å²) >= 11 is 0. The Morgan fingerprint density at radius 3 is 2.95 bits per heavy atom. The lowest BCUT2D eigenvalue weighted by atomic mass is 10.1. The monoisotopic (exact) mass is 267 g/mol. The van der Waals surface area contributed by atoms with E-state index in [1.165, 1.54) is 0 Å². The molecule has 2 rings (SSSR count). The molecule has 8 heteroatoms. The van der Waals surface area contributed by atoms with Crippen molar-refractivity contribution in [3.8, 4) is 0 Å². The van der Waals surface area contributed by atoms with Gasteiger partial charge in [-0.25, -0.2) is 0 Å². The van der Waals surface area contributed by atoms with Gasteiger partial charge in [0.25, 0.3) is 0 Å². The summed E-state index contributed by atoms with van der Waals surface area (Å²) in [7, 11) is 0. The molecule has 1 fully saturated rings. The second kappa shape index (κ2) is 5.79. The van der Waals surface area contributed by atoms with Crippen LogP contribution in [0.25, 0.3) is 0 Å². The molecule has 0 aliphatic carbocycles. The molecule has 1 aromatic rings. The van der Waals surface area contributed by atoms with Crippen LogP contribution in [0.1, 0.15) is 38.6 Å². The van der Waals surface area contributed by atoms with Crippen molar-refractivity contribution in [2.24, 2.45) is 0 Å². The lowest BCUT2D eigenvalue weighted by Crippen LogP contribution is -2.47. The number of nitrogens with one attached hydrogen (secondary N) is 3. The molecule has 1 aliphatic heterocycles. The molecule has 0 bridgehead atoms. The van der Waals surface area contributed by atoms with Crippen LogP contribution in [0.5, 0.6) is 0 Å². The molecule has 8 nitrogen and oxygen atoms in total. The average Bonchev–Trinajstić information content (AvgIpc) is 2.82. The number of hydrogen-bond donors (Lipinski definition) is 3. The van der Waals surface area contributed by atoms with Crippen LogP contribution < -0.4 is 16.0 Å². The second-order valence-electron chi connectivity index (χ2n) is 4.37. The van der Waals surface area contributed by atoms with Gasteiger partial charge < -0.3 is 15.1 Å². The predicted molar refractivity (Wildman–Crippen MR) is 66.2 cm³/mol. The highest BCUT2D eigenvalue weighted by Crippen LogP contribution is 2.16. The summed E-state index contributed by atoms with van der Waals surface area (Å²) in [5.41, 5.74) is 0. The van der Waals surface area contributed by atoms with Crippen molar-refractivity contribution in [1.82, 2.24) is 20.8 Å². The van der Waals surface area contributed by atoms with Crippen LogP contribution in [0.15, 0.2) is 4.42 Å². The second-order valence-corrected chi connectivity index (χ2v) is 4.37. The third kappa shape index (κ3) is 3.28.